The van der Waals surface area contributed by atoms with Crippen LogP contribution >= 0.6 is 0 Å². The van der Waals surface area contributed by atoms with E-state index >= 15 is 0 Å². The third-order valence-corrected chi connectivity index (χ3v) is 4.20. The Morgan fingerprint density at radius 3 is 2.60 bits per heavy atom. The number of rotatable bonds is 10. The first-order valence-electron chi connectivity index (χ1n) is 8.28. The van der Waals surface area contributed by atoms with Crippen LogP contribution in [0.2, 0.25) is 0 Å². The standard InChI is InChI=1S/C16H32N2O2/c1-13(2)10-17-11-15-6-7-16(20-15)12-18(8-9-19-3)14-4-5-14/h13-17H,4-12H2,1-3H3. The van der Waals surface area contributed by atoms with E-state index in [9.17, 15) is 0 Å². The molecule has 0 amide bonds. The van der Waals surface area contributed by atoms with Crippen molar-refractivity contribution in [2.45, 2.75) is 57.8 Å². The molecule has 2 aliphatic rings. The van der Waals surface area contributed by atoms with Crippen molar-refractivity contribution in [3.8, 4) is 0 Å². The van der Waals surface area contributed by atoms with E-state index in [1.165, 1.54) is 25.7 Å². The predicted molar refractivity (Wildman–Crippen MR) is 82.1 cm³/mol. The molecule has 1 aliphatic heterocycles. The van der Waals surface area contributed by atoms with Crippen LogP contribution in [0.5, 0.6) is 0 Å². The molecule has 1 N–H and O–H groups in total. The van der Waals surface area contributed by atoms with Gasteiger partial charge in [0, 0.05) is 32.8 Å². The normalized spacial score (nSPS) is 26.9. The van der Waals surface area contributed by atoms with Crippen molar-refractivity contribution in [1.29, 1.82) is 0 Å². The molecule has 1 saturated carbocycles. The lowest BCUT2D eigenvalue weighted by Gasteiger charge is -2.25. The van der Waals surface area contributed by atoms with E-state index in [-0.39, 0.29) is 0 Å². The molecule has 2 atom stereocenters. The number of ether oxygens (including phenoxy) is 2. The first kappa shape index (κ1) is 16.2. The Morgan fingerprint density at radius 1 is 1.20 bits per heavy atom. The topological polar surface area (TPSA) is 33.7 Å². The van der Waals surface area contributed by atoms with Gasteiger partial charge in [0.1, 0.15) is 0 Å². The quantitative estimate of drug-likeness (QED) is 0.664. The highest BCUT2D eigenvalue weighted by Gasteiger charge is 2.33. The Balaban J connectivity index is 1.63. The lowest BCUT2D eigenvalue weighted by Crippen LogP contribution is -2.37. The average molecular weight is 284 g/mol. The summed E-state index contributed by atoms with van der Waals surface area (Å²) in [6.07, 6.45) is 5.98. The zero-order valence-corrected chi connectivity index (χ0v) is 13.4. The largest absolute Gasteiger partial charge is 0.383 e. The third kappa shape index (κ3) is 5.68. The summed E-state index contributed by atoms with van der Waals surface area (Å²) >= 11 is 0. The molecule has 2 rings (SSSR count). The summed E-state index contributed by atoms with van der Waals surface area (Å²) < 4.78 is 11.4. The highest BCUT2D eigenvalue weighted by Crippen LogP contribution is 2.29. The van der Waals surface area contributed by atoms with E-state index in [0.29, 0.717) is 18.1 Å². The first-order valence-corrected chi connectivity index (χ1v) is 8.28. The van der Waals surface area contributed by atoms with Gasteiger partial charge in [0.2, 0.25) is 0 Å². The molecule has 0 spiro atoms. The van der Waals surface area contributed by atoms with Gasteiger partial charge in [-0.2, -0.15) is 0 Å². The van der Waals surface area contributed by atoms with Gasteiger partial charge in [-0.05, 0) is 38.1 Å². The van der Waals surface area contributed by atoms with Crippen LogP contribution in [0.3, 0.4) is 0 Å². The summed E-state index contributed by atoms with van der Waals surface area (Å²) in [6.45, 7) is 9.57. The molecule has 1 heterocycles. The fourth-order valence-electron chi connectivity index (χ4n) is 2.93. The maximum Gasteiger partial charge on any atom is 0.0707 e. The second kappa shape index (κ2) is 8.32. The lowest BCUT2D eigenvalue weighted by atomic mass is 10.1. The van der Waals surface area contributed by atoms with Gasteiger partial charge in [-0.3, -0.25) is 4.90 Å². The molecule has 0 bridgehead atoms. The average Bonchev–Trinajstić information content (AvgIpc) is 3.16. The zero-order valence-electron chi connectivity index (χ0n) is 13.4. The smallest absolute Gasteiger partial charge is 0.0707 e. The second-order valence-electron chi connectivity index (χ2n) is 6.73. The van der Waals surface area contributed by atoms with Crippen molar-refractivity contribution < 1.29 is 9.47 Å². The molecule has 118 valence electrons. The molecule has 0 aromatic heterocycles. The van der Waals surface area contributed by atoms with Gasteiger partial charge in [0.05, 0.1) is 18.8 Å². The fourth-order valence-corrected chi connectivity index (χ4v) is 2.93. The van der Waals surface area contributed by atoms with Crippen LogP contribution < -0.4 is 5.32 Å². The SMILES string of the molecule is COCCN(CC1CCC(CNCC(C)C)O1)C1CC1. The molecule has 1 saturated heterocycles. The third-order valence-electron chi connectivity index (χ3n) is 4.20. The number of nitrogens with zero attached hydrogens (tertiary/aromatic N) is 1. The summed E-state index contributed by atoms with van der Waals surface area (Å²) in [5.41, 5.74) is 0. The van der Waals surface area contributed by atoms with Gasteiger partial charge in [-0.15, -0.1) is 0 Å². The number of hydrogen-bond acceptors (Lipinski definition) is 4. The molecule has 1 aliphatic carbocycles. The minimum Gasteiger partial charge on any atom is -0.383 e. The minimum atomic E-state index is 0.419. The molecule has 4 nitrogen and oxygen atoms in total. The zero-order chi connectivity index (χ0) is 14.4. The Morgan fingerprint density at radius 2 is 1.95 bits per heavy atom. The molecule has 2 fully saturated rings. The second-order valence-corrected chi connectivity index (χ2v) is 6.73. The molecule has 0 radical (unpaired) electrons. The maximum absolute atomic E-state index is 6.19. The lowest BCUT2D eigenvalue weighted by molar-refractivity contribution is 0.0166. The molecule has 4 heteroatoms. The van der Waals surface area contributed by atoms with Crippen molar-refractivity contribution in [2.24, 2.45) is 5.92 Å². The van der Waals surface area contributed by atoms with Gasteiger partial charge in [-0.1, -0.05) is 13.8 Å². The molecule has 0 aromatic rings. The van der Waals surface area contributed by atoms with Crippen LogP contribution in [0.15, 0.2) is 0 Å². The van der Waals surface area contributed by atoms with E-state index in [2.05, 4.69) is 24.1 Å². The molecule has 2 unspecified atom stereocenters. The molecule has 20 heavy (non-hydrogen) atoms. The monoisotopic (exact) mass is 284 g/mol. The Hall–Kier alpha value is -0.160. The van der Waals surface area contributed by atoms with Crippen LogP contribution in [-0.2, 0) is 9.47 Å². The minimum absolute atomic E-state index is 0.419. The number of methoxy groups -OCH3 is 1. The van der Waals surface area contributed by atoms with E-state index in [4.69, 9.17) is 9.47 Å². The van der Waals surface area contributed by atoms with Gasteiger partial charge < -0.3 is 14.8 Å². The molecule has 0 aromatic carbocycles. The van der Waals surface area contributed by atoms with Crippen LogP contribution in [0.25, 0.3) is 0 Å². The Bertz CT molecular complexity index is 269. The Labute approximate surface area is 124 Å². The van der Waals surface area contributed by atoms with Crippen molar-refractivity contribution in [2.75, 3.05) is 39.9 Å². The molecular formula is C16H32N2O2. The summed E-state index contributed by atoms with van der Waals surface area (Å²) in [5, 5.41) is 3.51. The van der Waals surface area contributed by atoms with E-state index < -0.39 is 0 Å². The Kier molecular flexibility index (Phi) is 6.75. The van der Waals surface area contributed by atoms with E-state index in [0.717, 1.165) is 38.8 Å². The van der Waals surface area contributed by atoms with Gasteiger partial charge in [0.25, 0.3) is 0 Å². The van der Waals surface area contributed by atoms with Crippen LogP contribution in [-0.4, -0.2) is 63.0 Å². The summed E-state index contributed by atoms with van der Waals surface area (Å²) in [5.74, 6) is 0.714. The van der Waals surface area contributed by atoms with Gasteiger partial charge in [0.15, 0.2) is 0 Å². The van der Waals surface area contributed by atoms with Gasteiger partial charge >= 0.3 is 0 Å². The summed E-state index contributed by atoms with van der Waals surface area (Å²) in [4.78, 5) is 2.57. The highest BCUT2D eigenvalue weighted by atomic mass is 16.5. The number of nitrogens with one attached hydrogen (secondary N) is 1. The maximum atomic E-state index is 6.19. The summed E-state index contributed by atoms with van der Waals surface area (Å²) in [6, 6.07) is 0.798. The molecular weight excluding hydrogens is 252 g/mol. The van der Waals surface area contributed by atoms with Crippen molar-refractivity contribution >= 4 is 0 Å². The van der Waals surface area contributed by atoms with Crippen LogP contribution in [0.4, 0.5) is 0 Å². The predicted octanol–water partition coefficient (Wildman–Crippen LogP) is 1.89. The van der Waals surface area contributed by atoms with E-state index in [1.54, 1.807) is 7.11 Å². The van der Waals surface area contributed by atoms with E-state index in [1.807, 2.05) is 0 Å². The van der Waals surface area contributed by atoms with Crippen molar-refractivity contribution in [3.05, 3.63) is 0 Å². The van der Waals surface area contributed by atoms with Crippen molar-refractivity contribution in [3.63, 3.8) is 0 Å². The van der Waals surface area contributed by atoms with Crippen LogP contribution in [0, 0.1) is 5.92 Å². The van der Waals surface area contributed by atoms with Crippen LogP contribution in [0.1, 0.15) is 39.5 Å². The summed E-state index contributed by atoms with van der Waals surface area (Å²) in [7, 11) is 1.79. The number of hydrogen-bond donors (Lipinski definition) is 1. The first-order chi connectivity index (χ1) is 9.69. The highest BCUT2D eigenvalue weighted by molar-refractivity contribution is 4.87. The van der Waals surface area contributed by atoms with Gasteiger partial charge in [-0.25, -0.2) is 0 Å². The fraction of sp³-hybridized carbons (Fsp3) is 1.00. The van der Waals surface area contributed by atoms with Crippen molar-refractivity contribution in [1.82, 2.24) is 10.2 Å².